The monoisotopic (exact) mass is 318 g/mol. The fraction of sp³-hybridized carbons (Fsp3) is 0.353. The molecule has 0 N–H and O–H groups in total. The van der Waals surface area contributed by atoms with Gasteiger partial charge in [0.15, 0.2) is 5.78 Å². The zero-order chi connectivity index (χ0) is 14.7. The van der Waals surface area contributed by atoms with E-state index >= 15 is 0 Å². The molecule has 2 heterocycles. The number of carbonyl (C=O) groups is 1. The van der Waals surface area contributed by atoms with Crippen LogP contribution in [0.15, 0.2) is 30.3 Å². The number of fused-ring (bicyclic) bond motifs is 1. The van der Waals surface area contributed by atoms with Crippen LogP contribution >= 0.6 is 23.1 Å². The predicted molar refractivity (Wildman–Crippen MR) is 89.8 cm³/mol. The lowest BCUT2D eigenvalue weighted by Gasteiger charge is -2.08. The van der Waals surface area contributed by atoms with Crippen molar-refractivity contribution in [2.24, 2.45) is 0 Å². The van der Waals surface area contributed by atoms with Crippen LogP contribution in [0.2, 0.25) is 0 Å². The van der Waals surface area contributed by atoms with Crippen LogP contribution in [0.1, 0.15) is 32.1 Å². The summed E-state index contributed by atoms with van der Waals surface area (Å²) in [6.07, 6.45) is 2.50. The molecular formula is C17H18O2S2. The molecule has 0 radical (unpaired) electrons. The van der Waals surface area contributed by atoms with E-state index in [1.165, 1.54) is 21.8 Å². The molecule has 0 fully saturated rings. The topological polar surface area (TPSA) is 26.3 Å². The van der Waals surface area contributed by atoms with Gasteiger partial charge in [-0.05, 0) is 47.9 Å². The molecule has 0 aliphatic carbocycles. The van der Waals surface area contributed by atoms with Crippen molar-refractivity contribution in [3.05, 3.63) is 51.2 Å². The van der Waals surface area contributed by atoms with E-state index in [9.17, 15) is 4.79 Å². The van der Waals surface area contributed by atoms with Gasteiger partial charge in [0.2, 0.25) is 0 Å². The Morgan fingerprint density at radius 2 is 2.10 bits per heavy atom. The fourth-order valence-corrected chi connectivity index (χ4v) is 4.80. The molecule has 1 aromatic heterocycles. The molecule has 0 unspecified atom stereocenters. The minimum atomic E-state index is 0.273. The molecule has 1 aliphatic heterocycles. The molecule has 2 aromatic rings. The number of ketones is 1. The maximum Gasteiger partial charge on any atom is 0.173 e. The number of rotatable bonds is 5. The third kappa shape index (κ3) is 3.50. The quantitative estimate of drug-likeness (QED) is 0.766. The van der Waals surface area contributed by atoms with E-state index in [4.69, 9.17) is 4.74 Å². The predicted octanol–water partition coefficient (Wildman–Crippen LogP) is 4.36. The van der Waals surface area contributed by atoms with Gasteiger partial charge in [-0.15, -0.1) is 11.3 Å². The van der Waals surface area contributed by atoms with Gasteiger partial charge in [-0.25, -0.2) is 0 Å². The molecule has 2 nitrogen and oxygen atoms in total. The SMILES string of the molecule is COc1ccc(CCC(=O)c2cc3c(s2)CCSC3)cc1. The molecule has 110 valence electrons. The largest absolute Gasteiger partial charge is 0.497 e. The van der Waals surface area contributed by atoms with Crippen LogP contribution in [-0.2, 0) is 18.6 Å². The van der Waals surface area contributed by atoms with Gasteiger partial charge in [0.1, 0.15) is 5.75 Å². The van der Waals surface area contributed by atoms with Crippen LogP contribution in [0.25, 0.3) is 0 Å². The van der Waals surface area contributed by atoms with Crippen LogP contribution in [0.4, 0.5) is 0 Å². The number of aryl methyl sites for hydroxylation is 2. The molecule has 0 spiro atoms. The second-order valence-corrected chi connectivity index (χ2v) is 7.37. The van der Waals surface area contributed by atoms with E-state index in [1.54, 1.807) is 18.4 Å². The van der Waals surface area contributed by atoms with Crippen molar-refractivity contribution in [3.8, 4) is 5.75 Å². The number of thioether (sulfide) groups is 1. The van der Waals surface area contributed by atoms with E-state index in [0.29, 0.717) is 6.42 Å². The van der Waals surface area contributed by atoms with Crippen LogP contribution in [-0.4, -0.2) is 18.6 Å². The van der Waals surface area contributed by atoms with Crippen molar-refractivity contribution < 1.29 is 9.53 Å². The lowest BCUT2D eigenvalue weighted by molar-refractivity contribution is 0.0986. The number of hydrogen-bond acceptors (Lipinski definition) is 4. The van der Waals surface area contributed by atoms with Crippen molar-refractivity contribution in [2.45, 2.75) is 25.0 Å². The average Bonchev–Trinajstić information content (AvgIpc) is 2.97. The first-order valence-corrected chi connectivity index (χ1v) is 9.09. The van der Waals surface area contributed by atoms with E-state index < -0.39 is 0 Å². The highest BCUT2D eigenvalue weighted by atomic mass is 32.2. The molecule has 0 bridgehead atoms. The van der Waals surface area contributed by atoms with Gasteiger partial charge in [-0.1, -0.05) is 12.1 Å². The standard InChI is InChI=1S/C17H18O2S2/c1-19-14-5-2-12(3-6-14)4-7-15(18)17-10-13-11-20-9-8-16(13)21-17/h2-3,5-6,10H,4,7-9,11H2,1H3. The zero-order valence-electron chi connectivity index (χ0n) is 12.1. The Hall–Kier alpha value is -1.26. The van der Waals surface area contributed by atoms with Crippen molar-refractivity contribution in [1.29, 1.82) is 0 Å². The number of Topliss-reactive ketones (excluding diaryl/α,β-unsaturated/α-hetero) is 1. The summed E-state index contributed by atoms with van der Waals surface area (Å²) in [4.78, 5) is 14.7. The summed E-state index contributed by atoms with van der Waals surface area (Å²) in [5.41, 5.74) is 2.56. The van der Waals surface area contributed by atoms with E-state index in [-0.39, 0.29) is 5.78 Å². The van der Waals surface area contributed by atoms with E-state index in [0.717, 1.165) is 29.2 Å². The second kappa shape index (κ2) is 6.67. The number of benzene rings is 1. The zero-order valence-corrected chi connectivity index (χ0v) is 13.7. The molecular weight excluding hydrogens is 300 g/mol. The highest BCUT2D eigenvalue weighted by Crippen LogP contribution is 2.32. The highest BCUT2D eigenvalue weighted by Gasteiger charge is 2.17. The Bertz CT molecular complexity index is 605. The first kappa shape index (κ1) is 14.7. The Morgan fingerprint density at radius 3 is 2.81 bits per heavy atom. The smallest absolute Gasteiger partial charge is 0.173 e. The molecule has 4 heteroatoms. The Morgan fingerprint density at radius 1 is 1.29 bits per heavy atom. The van der Waals surface area contributed by atoms with Crippen LogP contribution in [0.3, 0.4) is 0 Å². The molecule has 1 aliphatic rings. The Labute approximate surface area is 133 Å². The summed E-state index contributed by atoms with van der Waals surface area (Å²) in [7, 11) is 1.66. The van der Waals surface area contributed by atoms with Gasteiger partial charge < -0.3 is 4.74 Å². The summed E-state index contributed by atoms with van der Waals surface area (Å²) in [5, 5.41) is 0. The number of ether oxygens (including phenoxy) is 1. The first-order valence-electron chi connectivity index (χ1n) is 7.12. The van der Waals surface area contributed by atoms with Crippen molar-refractivity contribution >= 4 is 28.9 Å². The Balaban J connectivity index is 1.61. The van der Waals surface area contributed by atoms with Crippen LogP contribution < -0.4 is 4.74 Å². The lowest BCUT2D eigenvalue weighted by atomic mass is 10.1. The molecule has 0 saturated heterocycles. The van der Waals surface area contributed by atoms with Crippen LogP contribution in [0, 0.1) is 0 Å². The number of carbonyl (C=O) groups excluding carboxylic acids is 1. The van der Waals surface area contributed by atoms with Crippen LogP contribution in [0.5, 0.6) is 5.75 Å². The number of thiophene rings is 1. The Kier molecular flexibility index (Phi) is 4.66. The second-order valence-electron chi connectivity index (χ2n) is 5.13. The van der Waals surface area contributed by atoms with Gasteiger partial charge in [-0.2, -0.15) is 11.8 Å². The summed E-state index contributed by atoms with van der Waals surface area (Å²) in [6.45, 7) is 0. The number of methoxy groups -OCH3 is 1. The normalized spacial score (nSPS) is 13.8. The van der Waals surface area contributed by atoms with Gasteiger partial charge in [0.05, 0.1) is 12.0 Å². The number of hydrogen-bond donors (Lipinski definition) is 0. The minimum Gasteiger partial charge on any atom is -0.497 e. The molecule has 0 atom stereocenters. The highest BCUT2D eigenvalue weighted by molar-refractivity contribution is 7.98. The third-order valence-electron chi connectivity index (χ3n) is 3.70. The maximum absolute atomic E-state index is 12.3. The minimum absolute atomic E-state index is 0.273. The summed E-state index contributed by atoms with van der Waals surface area (Å²) in [5.74, 6) is 3.38. The summed E-state index contributed by atoms with van der Waals surface area (Å²) in [6, 6.07) is 10.1. The van der Waals surface area contributed by atoms with Gasteiger partial charge in [0.25, 0.3) is 0 Å². The molecule has 1 aromatic carbocycles. The lowest BCUT2D eigenvalue weighted by Crippen LogP contribution is -1.98. The van der Waals surface area contributed by atoms with Crippen molar-refractivity contribution in [1.82, 2.24) is 0 Å². The fourth-order valence-electron chi connectivity index (χ4n) is 2.46. The van der Waals surface area contributed by atoms with Gasteiger partial charge >= 0.3 is 0 Å². The molecule has 0 saturated carbocycles. The molecule has 3 rings (SSSR count). The van der Waals surface area contributed by atoms with E-state index in [1.807, 2.05) is 36.0 Å². The summed E-state index contributed by atoms with van der Waals surface area (Å²) >= 11 is 3.66. The van der Waals surface area contributed by atoms with Gasteiger partial charge in [-0.3, -0.25) is 4.79 Å². The van der Waals surface area contributed by atoms with E-state index in [2.05, 4.69) is 6.07 Å². The molecule has 21 heavy (non-hydrogen) atoms. The third-order valence-corrected chi connectivity index (χ3v) is 5.99. The summed E-state index contributed by atoms with van der Waals surface area (Å²) < 4.78 is 5.14. The van der Waals surface area contributed by atoms with Crippen molar-refractivity contribution in [2.75, 3.05) is 12.9 Å². The first-order chi connectivity index (χ1) is 10.3. The van der Waals surface area contributed by atoms with Crippen molar-refractivity contribution in [3.63, 3.8) is 0 Å². The average molecular weight is 318 g/mol. The maximum atomic E-state index is 12.3. The molecule has 0 amide bonds. The van der Waals surface area contributed by atoms with Gasteiger partial charge in [0, 0.05) is 17.1 Å².